The lowest BCUT2D eigenvalue weighted by molar-refractivity contribution is -0.123. The Bertz CT molecular complexity index is 1920. The first-order valence-corrected chi connectivity index (χ1v) is 16.3. The van der Waals surface area contributed by atoms with Crippen LogP contribution in [0, 0.1) is 23.6 Å². The van der Waals surface area contributed by atoms with E-state index >= 15 is 0 Å². The molecular formula is C38H36BFN2O8. The number of nitrogens with zero attached hydrogens (tertiary/aromatic N) is 2. The number of pyridine rings is 1. The first kappa shape index (κ1) is 34.7. The zero-order valence-electron chi connectivity index (χ0n) is 27.0. The van der Waals surface area contributed by atoms with E-state index in [1.165, 1.54) is 36.4 Å². The number of anilines is 1. The molecule has 2 heterocycles. The second kappa shape index (κ2) is 15.2. The van der Waals surface area contributed by atoms with Gasteiger partial charge in [0.1, 0.15) is 12.4 Å². The molecule has 1 fully saturated rings. The number of carbonyl (C=O) groups is 2. The van der Waals surface area contributed by atoms with Gasteiger partial charge in [-0.15, -0.1) is 0 Å². The Morgan fingerprint density at radius 1 is 1.00 bits per heavy atom. The highest BCUT2D eigenvalue weighted by atomic mass is 19.1. The number of benzene rings is 3. The van der Waals surface area contributed by atoms with E-state index in [4.69, 9.17) is 4.74 Å². The molecule has 10 nitrogen and oxygen atoms in total. The summed E-state index contributed by atoms with van der Waals surface area (Å²) in [6, 6.07) is 24.3. The zero-order valence-corrected chi connectivity index (χ0v) is 27.0. The van der Waals surface area contributed by atoms with Crippen LogP contribution < -0.4 is 15.1 Å². The van der Waals surface area contributed by atoms with E-state index < -0.39 is 61.0 Å². The summed E-state index contributed by atoms with van der Waals surface area (Å²) in [5.74, 6) is -4.48. The topological polar surface area (TPSA) is 161 Å². The number of phenolic OH excluding ortho intramolecular Hbond substituents is 1. The molecule has 4 atom stereocenters. The largest absolute Gasteiger partial charge is 0.505 e. The number of ether oxygens (including phenoxy) is 1. The summed E-state index contributed by atoms with van der Waals surface area (Å²) in [6.45, 7) is -0.528. The van der Waals surface area contributed by atoms with Crippen molar-refractivity contribution in [3.05, 3.63) is 125 Å². The molecule has 0 spiro atoms. The van der Waals surface area contributed by atoms with Gasteiger partial charge < -0.3 is 30.1 Å². The molecule has 0 unspecified atom stereocenters. The van der Waals surface area contributed by atoms with Gasteiger partial charge in [0, 0.05) is 12.1 Å². The van der Waals surface area contributed by atoms with Gasteiger partial charge in [-0.25, -0.2) is 4.39 Å². The number of phenols is 1. The molecule has 1 aliphatic heterocycles. The normalized spacial score (nSPS) is 19.8. The smallest absolute Gasteiger partial charge is 0.488 e. The number of hydrogen-bond donors (Lipinski definition) is 5. The third-order valence-electron chi connectivity index (χ3n) is 9.32. The van der Waals surface area contributed by atoms with Gasteiger partial charge in [0.05, 0.1) is 35.9 Å². The van der Waals surface area contributed by atoms with E-state index in [0.717, 1.165) is 4.90 Å². The van der Waals surface area contributed by atoms with Crippen LogP contribution in [0.1, 0.15) is 30.5 Å². The SMILES string of the molecule is O=C1[C@@H]2[C@@H](CC(COc3ccccc3)=C([C@H](O)CC/C(=C/c3ccc(O)c(F)c3)c3ccccn3)[C@@H]2CO)C(=O)N1c1cccc(B(O)O)c1. The number of aromatic hydroxyl groups is 1. The molecule has 3 aromatic carbocycles. The van der Waals surface area contributed by atoms with E-state index in [2.05, 4.69) is 4.98 Å². The standard InChI is InChI=1S/C38H36BFN2O8/c40-31-18-23(12-14-33(31)44)17-24(32-11-4-5-16-41-32)13-15-34(45)35-25(22-50-28-9-2-1-3-10-28)19-29-36(30(35)21-43)38(47)42(37(29)46)27-8-6-7-26(20-27)39(48)49/h1-12,14,16-18,20,29-30,34,36,43-45,48-49H,13,15,19,21-22H2/b24-17-/t29-,30+,34-,36-/m1/s1. The highest BCUT2D eigenvalue weighted by Crippen LogP contribution is 2.47. The summed E-state index contributed by atoms with van der Waals surface area (Å²) in [6.07, 6.45) is 2.66. The minimum absolute atomic E-state index is 0.000486. The highest BCUT2D eigenvalue weighted by molar-refractivity contribution is 6.58. The fourth-order valence-corrected chi connectivity index (χ4v) is 6.95. The van der Waals surface area contributed by atoms with Crippen LogP contribution in [0.15, 0.2) is 108 Å². The van der Waals surface area contributed by atoms with Crippen LogP contribution in [0.4, 0.5) is 10.1 Å². The lowest BCUT2D eigenvalue weighted by Crippen LogP contribution is -2.40. The molecule has 2 amide bonds. The number of hydrogen-bond acceptors (Lipinski definition) is 9. The van der Waals surface area contributed by atoms with Crippen molar-refractivity contribution >= 4 is 41.7 Å². The molecule has 4 aromatic rings. The maximum atomic E-state index is 14.2. The summed E-state index contributed by atoms with van der Waals surface area (Å²) in [7, 11) is -1.81. The third kappa shape index (κ3) is 7.24. The molecule has 5 N–H and O–H groups in total. The average molecular weight is 679 g/mol. The third-order valence-corrected chi connectivity index (χ3v) is 9.32. The molecule has 2 aliphatic rings. The van der Waals surface area contributed by atoms with Gasteiger partial charge in [-0.1, -0.05) is 42.5 Å². The first-order valence-electron chi connectivity index (χ1n) is 16.3. The molecule has 6 rings (SSSR count). The zero-order chi connectivity index (χ0) is 35.4. The predicted octanol–water partition coefficient (Wildman–Crippen LogP) is 3.48. The Morgan fingerprint density at radius 3 is 2.48 bits per heavy atom. The summed E-state index contributed by atoms with van der Waals surface area (Å²) < 4.78 is 20.3. The number of halogens is 1. The Kier molecular flexibility index (Phi) is 10.5. The number of para-hydroxylation sites is 1. The second-order valence-corrected chi connectivity index (χ2v) is 12.4. The van der Waals surface area contributed by atoms with Crippen LogP contribution >= 0.6 is 0 Å². The highest BCUT2D eigenvalue weighted by Gasteiger charge is 2.55. The molecule has 50 heavy (non-hydrogen) atoms. The van der Waals surface area contributed by atoms with Gasteiger partial charge in [0.15, 0.2) is 11.6 Å². The maximum Gasteiger partial charge on any atom is 0.488 e. The van der Waals surface area contributed by atoms with Crippen molar-refractivity contribution in [2.24, 2.45) is 17.8 Å². The first-order chi connectivity index (χ1) is 24.2. The fourth-order valence-electron chi connectivity index (χ4n) is 6.95. The van der Waals surface area contributed by atoms with Gasteiger partial charge in [-0.3, -0.25) is 19.5 Å². The summed E-state index contributed by atoms with van der Waals surface area (Å²) in [5, 5.41) is 51.8. The Morgan fingerprint density at radius 2 is 1.78 bits per heavy atom. The number of amides is 2. The van der Waals surface area contributed by atoms with Gasteiger partial charge in [0.2, 0.25) is 11.8 Å². The van der Waals surface area contributed by atoms with E-state index in [1.807, 2.05) is 18.2 Å². The lowest BCUT2D eigenvalue weighted by Gasteiger charge is -2.36. The predicted molar refractivity (Wildman–Crippen MR) is 185 cm³/mol. The lowest BCUT2D eigenvalue weighted by atomic mass is 9.68. The molecule has 256 valence electrons. The maximum absolute atomic E-state index is 14.2. The van der Waals surface area contributed by atoms with E-state index in [0.29, 0.717) is 33.7 Å². The van der Waals surface area contributed by atoms with Crippen molar-refractivity contribution in [2.45, 2.75) is 25.4 Å². The number of aromatic nitrogens is 1. The van der Waals surface area contributed by atoms with Crippen LogP contribution in [-0.2, 0) is 9.59 Å². The van der Waals surface area contributed by atoms with E-state index in [-0.39, 0.29) is 37.0 Å². The molecular weight excluding hydrogens is 642 g/mol. The molecule has 0 bridgehead atoms. The van der Waals surface area contributed by atoms with Gasteiger partial charge in [-0.05, 0) is 102 Å². The second-order valence-electron chi connectivity index (χ2n) is 12.4. The Hall–Kier alpha value is -5.14. The minimum Gasteiger partial charge on any atom is -0.505 e. The molecule has 0 radical (unpaired) electrons. The van der Waals surface area contributed by atoms with E-state index in [1.54, 1.807) is 48.7 Å². The monoisotopic (exact) mass is 678 g/mol. The molecule has 1 aliphatic carbocycles. The number of imide groups is 1. The van der Waals surface area contributed by atoms with Crippen LogP contribution in [-0.4, -0.2) is 68.6 Å². The number of aliphatic hydroxyl groups is 2. The molecule has 1 aromatic heterocycles. The quantitative estimate of drug-likeness (QED) is 0.0859. The van der Waals surface area contributed by atoms with Crippen LogP contribution in [0.5, 0.6) is 11.5 Å². The number of rotatable bonds is 12. The summed E-state index contributed by atoms with van der Waals surface area (Å²) >= 11 is 0. The molecule has 1 saturated heterocycles. The number of fused-ring (bicyclic) bond motifs is 1. The van der Waals surface area contributed by atoms with Gasteiger partial charge in [-0.2, -0.15) is 0 Å². The Balaban J connectivity index is 1.34. The van der Waals surface area contributed by atoms with Crippen LogP contribution in [0.25, 0.3) is 11.6 Å². The number of carbonyl (C=O) groups excluding carboxylic acids is 2. The van der Waals surface area contributed by atoms with E-state index in [9.17, 15) is 39.3 Å². The van der Waals surface area contributed by atoms with Crippen molar-refractivity contribution in [3.63, 3.8) is 0 Å². The number of allylic oxidation sites excluding steroid dienone is 1. The number of aliphatic hydroxyl groups excluding tert-OH is 2. The van der Waals surface area contributed by atoms with Crippen molar-refractivity contribution < 1.29 is 44.1 Å². The average Bonchev–Trinajstić information content (AvgIpc) is 3.38. The molecule has 12 heteroatoms. The van der Waals surface area contributed by atoms with Crippen molar-refractivity contribution in [1.82, 2.24) is 4.98 Å². The Labute approximate surface area is 288 Å². The van der Waals surface area contributed by atoms with Crippen molar-refractivity contribution in [3.8, 4) is 11.5 Å². The summed E-state index contributed by atoms with van der Waals surface area (Å²) in [4.78, 5) is 33.4. The minimum atomic E-state index is -1.81. The fraction of sp³-hybridized carbons (Fsp3) is 0.237. The van der Waals surface area contributed by atoms with Crippen molar-refractivity contribution in [2.75, 3.05) is 18.1 Å². The van der Waals surface area contributed by atoms with Crippen molar-refractivity contribution in [1.29, 1.82) is 0 Å². The van der Waals surface area contributed by atoms with Gasteiger partial charge >= 0.3 is 7.12 Å². The summed E-state index contributed by atoms with van der Waals surface area (Å²) in [5.41, 5.74) is 3.05. The molecule has 0 saturated carbocycles. The van der Waals surface area contributed by atoms with Crippen LogP contribution in [0.3, 0.4) is 0 Å². The van der Waals surface area contributed by atoms with Gasteiger partial charge in [0.25, 0.3) is 0 Å². The van der Waals surface area contributed by atoms with Crippen LogP contribution in [0.2, 0.25) is 0 Å².